The quantitative estimate of drug-likeness (QED) is 0.460. The summed E-state index contributed by atoms with van der Waals surface area (Å²) in [5, 5.41) is 3.36. The number of hydrogen-bond acceptors (Lipinski definition) is 4. The summed E-state index contributed by atoms with van der Waals surface area (Å²) < 4.78 is 10.2. The highest BCUT2D eigenvalue weighted by molar-refractivity contribution is 5.89. The number of nitrogens with zero attached hydrogens (tertiary/aromatic N) is 2. The first-order chi connectivity index (χ1) is 12.6. The number of rotatable bonds is 7. The molecule has 6 nitrogen and oxygen atoms in total. The molecule has 0 amide bonds. The lowest BCUT2D eigenvalue weighted by atomic mass is 9.96. The van der Waals surface area contributed by atoms with E-state index in [1.54, 1.807) is 12.1 Å². The normalized spacial score (nSPS) is 15.6. The molecule has 144 valence electrons. The second-order valence-electron chi connectivity index (χ2n) is 6.62. The Bertz CT molecular complexity index is 580. The van der Waals surface area contributed by atoms with E-state index in [-0.39, 0.29) is 5.97 Å². The van der Waals surface area contributed by atoms with Crippen LogP contribution in [0.1, 0.15) is 42.1 Å². The molecular formula is C20H31N3O3. The van der Waals surface area contributed by atoms with E-state index >= 15 is 0 Å². The molecule has 0 unspecified atom stereocenters. The van der Waals surface area contributed by atoms with Crippen LogP contribution in [-0.4, -0.2) is 57.3 Å². The molecule has 0 aromatic heterocycles. The average Bonchev–Trinajstić information content (AvgIpc) is 2.70. The number of ether oxygens (including phenoxy) is 2. The third kappa shape index (κ3) is 6.33. The van der Waals surface area contributed by atoms with Gasteiger partial charge in [0.25, 0.3) is 0 Å². The van der Waals surface area contributed by atoms with Gasteiger partial charge in [-0.3, -0.25) is 0 Å². The Balaban J connectivity index is 1.90. The van der Waals surface area contributed by atoms with Crippen LogP contribution in [0.4, 0.5) is 0 Å². The van der Waals surface area contributed by atoms with Crippen molar-refractivity contribution in [3.63, 3.8) is 0 Å². The molecule has 1 N–H and O–H groups in total. The lowest BCUT2D eigenvalue weighted by Crippen LogP contribution is -2.40. The predicted octanol–water partition coefficient (Wildman–Crippen LogP) is 2.69. The van der Waals surface area contributed by atoms with Crippen molar-refractivity contribution in [3.05, 3.63) is 35.4 Å². The number of benzene rings is 1. The zero-order chi connectivity index (χ0) is 18.8. The molecule has 1 saturated heterocycles. The number of hydrogen-bond donors (Lipinski definition) is 1. The maximum absolute atomic E-state index is 11.5. The van der Waals surface area contributed by atoms with Gasteiger partial charge in [-0.25, -0.2) is 9.79 Å². The van der Waals surface area contributed by atoms with Crippen molar-refractivity contribution >= 4 is 11.9 Å². The van der Waals surface area contributed by atoms with Gasteiger partial charge in [-0.1, -0.05) is 12.1 Å². The van der Waals surface area contributed by atoms with E-state index in [1.165, 1.54) is 7.11 Å². The van der Waals surface area contributed by atoms with Crippen LogP contribution in [0.3, 0.4) is 0 Å². The van der Waals surface area contributed by atoms with Crippen molar-refractivity contribution in [3.8, 4) is 0 Å². The minimum absolute atomic E-state index is 0.318. The molecular weight excluding hydrogens is 330 g/mol. The zero-order valence-electron chi connectivity index (χ0n) is 16.2. The molecule has 1 aromatic rings. The highest BCUT2D eigenvalue weighted by Gasteiger charge is 2.15. The molecule has 0 spiro atoms. The fraction of sp³-hybridized carbons (Fsp3) is 0.600. The summed E-state index contributed by atoms with van der Waals surface area (Å²) in [5.74, 6) is 1.35. The van der Waals surface area contributed by atoms with Crippen molar-refractivity contribution in [2.24, 2.45) is 10.9 Å². The second kappa shape index (κ2) is 10.8. The van der Waals surface area contributed by atoms with Crippen LogP contribution in [0.25, 0.3) is 0 Å². The Kier molecular flexibility index (Phi) is 8.41. The Morgan fingerprint density at radius 2 is 2.00 bits per heavy atom. The maximum atomic E-state index is 11.5. The topological polar surface area (TPSA) is 63.2 Å². The van der Waals surface area contributed by atoms with E-state index in [4.69, 9.17) is 14.5 Å². The fourth-order valence-electron chi connectivity index (χ4n) is 3.02. The van der Waals surface area contributed by atoms with E-state index in [0.29, 0.717) is 12.1 Å². The third-order valence-corrected chi connectivity index (χ3v) is 4.70. The van der Waals surface area contributed by atoms with E-state index in [2.05, 4.69) is 24.2 Å². The molecule has 1 aliphatic heterocycles. The van der Waals surface area contributed by atoms with E-state index < -0.39 is 0 Å². The lowest BCUT2D eigenvalue weighted by Gasteiger charge is -2.26. The summed E-state index contributed by atoms with van der Waals surface area (Å²) >= 11 is 0. The summed E-state index contributed by atoms with van der Waals surface area (Å²) in [5.41, 5.74) is 1.62. The SMILES string of the molecule is CCNC(=NCc1ccc(C(=O)OC)cc1)N(C)CCC1CCOCC1. The average molecular weight is 361 g/mol. The molecule has 1 aromatic carbocycles. The van der Waals surface area contributed by atoms with Gasteiger partial charge in [-0.05, 0) is 49.8 Å². The minimum Gasteiger partial charge on any atom is -0.465 e. The highest BCUT2D eigenvalue weighted by atomic mass is 16.5. The molecule has 1 aliphatic rings. The molecule has 6 heteroatoms. The smallest absolute Gasteiger partial charge is 0.337 e. The number of methoxy groups -OCH3 is 1. The van der Waals surface area contributed by atoms with Crippen LogP contribution in [-0.2, 0) is 16.0 Å². The number of aliphatic imine (C=N–C) groups is 1. The number of nitrogens with one attached hydrogen (secondary N) is 1. The molecule has 0 radical (unpaired) electrons. The van der Waals surface area contributed by atoms with Gasteiger partial charge < -0.3 is 19.7 Å². The largest absolute Gasteiger partial charge is 0.465 e. The monoisotopic (exact) mass is 361 g/mol. The van der Waals surface area contributed by atoms with Gasteiger partial charge in [-0.15, -0.1) is 0 Å². The van der Waals surface area contributed by atoms with Crippen LogP contribution in [0.15, 0.2) is 29.3 Å². The van der Waals surface area contributed by atoms with E-state index in [0.717, 1.165) is 63.0 Å². The molecule has 0 aliphatic carbocycles. The van der Waals surface area contributed by atoms with Gasteiger partial charge in [0.1, 0.15) is 0 Å². The summed E-state index contributed by atoms with van der Waals surface area (Å²) in [6.45, 7) is 6.26. The van der Waals surface area contributed by atoms with Gasteiger partial charge in [0.2, 0.25) is 0 Å². The predicted molar refractivity (Wildman–Crippen MR) is 103 cm³/mol. The molecule has 0 atom stereocenters. The molecule has 26 heavy (non-hydrogen) atoms. The summed E-state index contributed by atoms with van der Waals surface area (Å²) in [7, 11) is 3.47. The van der Waals surface area contributed by atoms with Gasteiger partial charge in [0, 0.05) is 33.4 Å². The molecule has 0 saturated carbocycles. The first-order valence-electron chi connectivity index (χ1n) is 9.38. The van der Waals surface area contributed by atoms with Crippen LogP contribution in [0.5, 0.6) is 0 Å². The van der Waals surface area contributed by atoms with Gasteiger partial charge in [-0.2, -0.15) is 0 Å². The van der Waals surface area contributed by atoms with Crippen molar-refractivity contribution in [1.29, 1.82) is 0 Å². The second-order valence-corrected chi connectivity index (χ2v) is 6.62. The molecule has 1 heterocycles. The number of guanidine groups is 1. The number of carbonyl (C=O) groups excluding carboxylic acids is 1. The molecule has 2 rings (SSSR count). The maximum Gasteiger partial charge on any atom is 0.337 e. The summed E-state index contributed by atoms with van der Waals surface area (Å²) in [4.78, 5) is 18.4. The first-order valence-corrected chi connectivity index (χ1v) is 9.38. The van der Waals surface area contributed by atoms with Crippen LogP contribution in [0, 0.1) is 5.92 Å². The Morgan fingerprint density at radius 3 is 2.62 bits per heavy atom. The standard InChI is InChI=1S/C20H31N3O3/c1-4-21-20(23(2)12-9-16-10-13-26-14-11-16)22-15-17-5-7-18(8-6-17)19(24)25-3/h5-8,16H,4,9-15H2,1-3H3,(H,21,22). The Labute approximate surface area is 156 Å². The third-order valence-electron chi connectivity index (χ3n) is 4.70. The highest BCUT2D eigenvalue weighted by Crippen LogP contribution is 2.18. The van der Waals surface area contributed by atoms with Gasteiger partial charge >= 0.3 is 5.97 Å². The number of esters is 1. The molecule has 0 bridgehead atoms. The molecule has 1 fully saturated rings. The van der Waals surface area contributed by atoms with Crippen LogP contribution in [0.2, 0.25) is 0 Å². The van der Waals surface area contributed by atoms with E-state index in [1.807, 2.05) is 12.1 Å². The Morgan fingerprint density at radius 1 is 1.31 bits per heavy atom. The van der Waals surface area contributed by atoms with Crippen molar-refractivity contribution < 1.29 is 14.3 Å². The summed E-state index contributed by atoms with van der Waals surface area (Å²) in [6, 6.07) is 7.39. The zero-order valence-corrected chi connectivity index (χ0v) is 16.2. The fourth-order valence-corrected chi connectivity index (χ4v) is 3.02. The van der Waals surface area contributed by atoms with Crippen LogP contribution < -0.4 is 5.32 Å². The first kappa shape index (κ1) is 20.2. The minimum atomic E-state index is -0.318. The van der Waals surface area contributed by atoms with Crippen molar-refractivity contribution in [1.82, 2.24) is 10.2 Å². The van der Waals surface area contributed by atoms with Crippen LogP contribution >= 0.6 is 0 Å². The lowest BCUT2D eigenvalue weighted by molar-refractivity contribution is 0.0600. The van der Waals surface area contributed by atoms with Gasteiger partial charge in [0.15, 0.2) is 5.96 Å². The Hall–Kier alpha value is -2.08. The van der Waals surface area contributed by atoms with E-state index in [9.17, 15) is 4.79 Å². The summed E-state index contributed by atoms with van der Waals surface area (Å²) in [6.07, 6.45) is 3.49. The number of carbonyl (C=O) groups is 1. The van der Waals surface area contributed by atoms with Crippen molar-refractivity contribution in [2.45, 2.75) is 32.7 Å². The van der Waals surface area contributed by atoms with Gasteiger partial charge in [0.05, 0.1) is 19.2 Å². The van der Waals surface area contributed by atoms with Crippen molar-refractivity contribution in [2.75, 3.05) is 40.5 Å².